The number of hydrogen-bond donors (Lipinski definition) is 2. The summed E-state index contributed by atoms with van der Waals surface area (Å²) in [5.74, 6) is -4.18. The van der Waals surface area contributed by atoms with Crippen molar-refractivity contribution in [3.63, 3.8) is 0 Å². The number of alkyl halides is 1. The number of hydrogen-bond acceptors (Lipinski definition) is 8. The Kier molecular flexibility index (Phi) is 12.6. The number of amides is 3. The second kappa shape index (κ2) is 17.8. The van der Waals surface area contributed by atoms with Crippen LogP contribution in [0.4, 0.5) is 5.69 Å². The van der Waals surface area contributed by atoms with Gasteiger partial charge in [-0.05, 0) is 46.9 Å². The van der Waals surface area contributed by atoms with Crippen molar-refractivity contribution in [1.29, 1.82) is 0 Å². The summed E-state index contributed by atoms with van der Waals surface area (Å²) in [6.45, 7) is 7.31. The molecule has 2 N–H and O–H groups in total. The van der Waals surface area contributed by atoms with Gasteiger partial charge in [0.1, 0.15) is 17.7 Å². The van der Waals surface area contributed by atoms with Gasteiger partial charge in [0, 0.05) is 30.6 Å². The van der Waals surface area contributed by atoms with E-state index in [9.17, 15) is 14.7 Å². The number of carbonyl (C=O) groups excluding carboxylic acids is 4. The van der Waals surface area contributed by atoms with Crippen molar-refractivity contribution in [2.45, 2.75) is 60.0 Å². The van der Waals surface area contributed by atoms with E-state index < -0.39 is 77.0 Å². The van der Waals surface area contributed by atoms with E-state index in [1.165, 1.54) is 12.0 Å². The molecule has 3 heterocycles. The Morgan fingerprint density at radius 1 is 0.983 bits per heavy atom. The van der Waals surface area contributed by atoms with E-state index in [0.717, 1.165) is 10.8 Å². The average molecular weight is 851 g/mol. The van der Waals surface area contributed by atoms with Gasteiger partial charge in [-0.2, -0.15) is 0 Å². The Morgan fingerprint density at radius 3 is 2.31 bits per heavy atom. The number of rotatable bonds is 17. The van der Waals surface area contributed by atoms with Crippen LogP contribution in [0.1, 0.15) is 42.5 Å². The second-order valence-electron chi connectivity index (χ2n) is 15.0. The Hall–Kier alpha value is -5.14. The molecule has 3 fully saturated rings. The summed E-state index contributed by atoms with van der Waals surface area (Å²) in [6.07, 6.45) is 2.34. The molecule has 3 saturated heterocycles. The second-order valence-corrected chi connectivity index (χ2v) is 16.2. The molecule has 58 heavy (non-hydrogen) atoms. The number of halogens is 1. The Bertz CT molecular complexity index is 2150. The van der Waals surface area contributed by atoms with Crippen molar-refractivity contribution in [2.75, 3.05) is 31.8 Å². The molecule has 0 saturated carbocycles. The summed E-state index contributed by atoms with van der Waals surface area (Å²) in [5.41, 5.74) is 0.363. The first-order chi connectivity index (χ1) is 28.2. The number of ether oxygens (including phenoxy) is 3. The highest BCUT2D eigenvalue weighted by Gasteiger charge is 2.78. The molecule has 3 aliphatic rings. The minimum absolute atomic E-state index is 0.0259. The Morgan fingerprint density at radius 2 is 1.66 bits per heavy atom. The number of likely N-dealkylation sites (tertiary alicyclic amines) is 1. The molecule has 302 valence electrons. The van der Waals surface area contributed by atoms with Crippen LogP contribution in [-0.4, -0.2) is 89.2 Å². The number of esters is 1. The lowest BCUT2D eigenvalue weighted by molar-refractivity contribution is -0.163. The van der Waals surface area contributed by atoms with E-state index in [2.05, 4.69) is 34.4 Å². The van der Waals surface area contributed by atoms with Crippen LogP contribution in [0.5, 0.6) is 0 Å². The minimum atomic E-state index is -1.47. The molecule has 7 rings (SSSR count). The van der Waals surface area contributed by atoms with E-state index in [1.807, 2.05) is 54.6 Å². The Balaban J connectivity index is 1.30. The van der Waals surface area contributed by atoms with Crippen molar-refractivity contribution in [1.82, 2.24) is 10.2 Å². The molecule has 1 spiro atoms. The summed E-state index contributed by atoms with van der Waals surface area (Å²) in [4.78, 5) is 61.2. The molecule has 2 bridgehead atoms. The standard InChI is InChI=1S/C46H48BrN3O8/c1-4-6-21-37(52)48-35(28-56-3)40(31-18-11-8-12-19-31)57-45(55)38-39-43(53)50(36(27-51)30-16-9-7-10-17-30)42(46(39)26-34(47)41(38)58-46)44(54)49(24-5-2)33-23-22-29-15-13-14-20-32(29)25-33/h4-5,7-20,22-23,25,34-36,38-42,51H,1-2,6,21,24,26-28H2,3H3,(H,48,52)/t34?,35-,36+,38-,39+,40-,41-,42-,46+/m0/s1. The van der Waals surface area contributed by atoms with Crippen molar-refractivity contribution in [3.05, 3.63) is 140 Å². The zero-order valence-corrected chi connectivity index (χ0v) is 33.9. The molecule has 0 aromatic heterocycles. The zero-order chi connectivity index (χ0) is 41.0. The molecule has 1 unspecified atom stereocenters. The number of aliphatic hydroxyl groups is 1. The van der Waals surface area contributed by atoms with Gasteiger partial charge in [0.2, 0.25) is 11.8 Å². The van der Waals surface area contributed by atoms with E-state index in [4.69, 9.17) is 14.2 Å². The van der Waals surface area contributed by atoms with Crippen LogP contribution in [-0.2, 0) is 33.4 Å². The van der Waals surface area contributed by atoms with E-state index in [-0.39, 0.29) is 31.9 Å². The van der Waals surface area contributed by atoms with Gasteiger partial charge in [0.15, 0.2) is 0 Å². The fraction of sp³-hybridized carbons (Fsp3) is 0.348. The van der Waals surface area contributed by atoms with Crippen LogP contribution < -0.4 is 10.2 Å². The predicted molar refractivity (Wildman–Crippen MR) is 224 cm³/mol. The number of anilines is 1. The fourth-order valence-corrected chi connectivity index (χ4v) is 9.99. The molecule has 12 heteroatoms. The molecule has 11 nitrogen and oxygen atoms in total. The minimum Gasteiger partial charge on any atom is -0.455 e. The highest BCUT2D eigenvalue weighted by atomic mass is 79.9. The van der Waals surface area contributed by atoms with Gasteiger partial charge in [0.25, 0.3) is 5.91 Å². The molecule has 0 radical (unpaired) electrons. The van der Waals surface area contributed by atoms with Crippen LogP contribution in [0.3, 0.4) is 0 Å². The molecule has 4 aromatic rings. The van der Waals surface area contributed by atoms with Crippen LogP contribution in [0.2, 0.25) is 0 Å². The van der Waals surface area contributed by atoms with Gasteiger partial charge >= 0.3 is 5.97 Å². The summed E-state index contributed by atoms with van der Waals surface area (Å²) >= 11 is 3.77. The third-order valence-corrected chi connectivity index (χ3v) is 12.4. The number of aliphatic hydroxyl groups excluding tert-OH is 1. The largest absolute Gasteiger partial charge is 0.455 e. The number of allylic oxidation sites excluding steroid dienone is 1. The first kappa shape index (κ1) is 41.0. The zero-order valence-electron chi connectivity index (χ0n) is 32.3. The highest BCUT2D eigenvalue weighted by Crippen LogP contribution is 2.61. The predicted octanol–water partition coefficient (Wildman–Crippen LogP) is 6.22. The maximum Gasteiger partial charge on any atom is 0.313 e. The number of nitrogens with one attached hydrogen (secondary N) is 1. The van der Waals surface area contributed by atoms with Gasteiger partial charge in [0.05, 0.1) is 43.2 Å². The average Bonchev–Trinajstić information content (AvgIpc) is 3.84. The smallest absolute Gasteiger partial charge is 0.313 e. The summed E-state index contributed by atoms with van der Waals surface area (Å²) < 4.78 is 18.8. The lowest BCUT2D eigenvalue weighted by Gasteiger charge is -2.39. The van der Waals surface area contributed by atoms with Crippen molar-refractivity contribution < 1.29 is 38.5 Å². The quantitative estimate of drug-likeness (QED) is 0.0727. The molecule has 3 aliphatic heterocycles. The van der Waals surface area contributed by atoms with Crippen LogP contribution >= 0.6 is 15.9 Å². The maximum absolute atomic E-state index is 15.4. The topological polar surface area (TPSA) is 135 Å². The molecule has 4 aromatic carbocycles. The van der Waals surface area contributed by atoms with Crippen molar-refractivity contribution in [2.24, 2.45) is 11.8 Å². The monoisotopic (exact) mass is 849 g/mol. The summed E-state index contributed by atoms with van der Waals surface area (Å²) in [7, 11) is 1.50. The summed E-state index contributed by atoms with van der Waals surface area (Å²) in [5, 5.41) is 15.9. The van der Waals surface area contributed by atoms with Gasteiger partial charge in [-0.25, -0.2) is 0 Å². The number of fused-ring (bicyclic) bond motifs is 2. The molecule has 3 amide bonds. The summed E-state index contributed by atoms with van der Waals surface area (Å²) in [6, 6.07) is 28.7. The lowest BCUT2D eigenvalue weighted by Crippen LogP contribution is -2.57. The highest BCUT2D eigenvalue weighted by molar-refractivity contribution is 9.09. The van der Waals surface area contributed by atoms with E-state index >= 15 is 9.59 Å². The Labute approximate surface area is 346 Å². The molecule has 9 atom stereocenters. The first-order valence-electron chi connectivity index (χ1n) is 19.5. The number of benzene rings is 4. The molecule has 0 aliphatic carbocycles. The number of methoxy groups -OCH3 is 1. The van der Waals surface area contributed by atoms with Crippen LogP contribution in [0.25, 0.3) is 10.8 Å². The van der Waals surface area contributed by atoms with Crippen molar-refractivity contribution >= 4 is 56.1 Å². The van der Waals surface area contributed by atoms with Gasteiger partial charge in [-0.15, -0.1) is 13.2 Å². The van der Waals surface area contributed by atoms with E-state index in [0.29, 0.717) is 23.2 Å². The SMILES string of the molecule is C=CCCC(=O)N[C@@H](COC)[C@@H](OC(=O)[C@@H]1[C@H]2O[C@@]3(CC2Br)[C@H](C(=O)N(CC=C)c2ccc4ccccc4c2)N([C@H](CO)c2ccccc2)C(=O)[C@@H]13)c1ccccc1. The third kappa shape index (κ3) is 7.61. The van der Waals surface area contributed by atoms with Gasteiger partial charge in [-0.1, -0.05) is 119 Å². The first-order valence-corrected chi connectivity index (χ1v) is 20.4. The van der Waals surface area contributed by atoms with Gasteiger partial charge in [-0.3, -0.25) is 19.2 Å². The fourth-order valence-electron chi connectivity index (χ4n) is 9.05. The normalized spacial score (nSPS) is 24.8. The number of carbonyl (C=O) groups is 4. The van der Waals surface area contributed by atoms with E-state index in [1.54, 1.807) is 65.6 Å². The van der Waals surface area contributed by atoms with Gasteiger partial charge < -0.3 is 34.4 Å². The third-order valence-electron chi connectivity index (χ3n) is 11.6. The number of nitrogens with zero attached hydrogens (tertiary/aromatic N) is 2. The van der Waals surface area contributed by atoms with Crippen LogP contribution in [0.15, 0.2) is 128 Å². The lowest BCUT2D eigenvalue weighted by atomic mass is 9.70. The maximum atomic E-state index is 15.4. The molecular formula is C46H48BrN3O8. The van der Waals surface area contributed by atoms with Crippen LogP contribution in [0, 0.1) is 11.8 Å². The molecular weight excluding hydrogens is 802 g/mol. The van der Waals surface area contributed by atoms with Crippen molar-refractivity contribution in [3.8, 4) is 0 Å².